The van der Waals surface area contributed by atoms with Crippen LogP contribution in [-0.4, -0.2) is 29.8 Å². The number of hydrogen-bond donors (Lipinski definition) is 1. The summed E-state index contributed by atoms with van der Waals surface area (Å²) >= 11 is 0. The van der Waals surface area contributed by atoms with E-state index in [1.807, 2.05) is 0 Å². The molecular formula is C13H15FN2O2. The summed E-state index contributed by atoms with van der Waals surface area (Å²) < 4.78 is 12.7. The molecule has 1 N–H and O–H groups in total. The lowest BCUT2D eigenvalue weighted by Crippen LogP contribution is -2.42. The van der Waals surface area contributed by atoms with E-state index in [1.54, 1.807) is 24.1 Å². The number of carbonyl (C=O) groups excluding carboxylic acids is 2. The molecule has 0 saturated carbocycles. The quantitative estimate of drug-likeness (QED) is 0.872. The van der Waals surface area contributed by atoms with E-state index in [0.717, 1.165) is 5.56 Å². The predicted molar refractivity (Wildman–Crippen MR) is 64.0 cm³/mol. The van der Waals surface area contributed by atoms with Crippen LogP contribution in [0.4, 0.5) is 4.39 Å². The van der Waals surface area contributed by atoms with Gasteiger partial charge in [-0.2, -0.15) is 0 Å². The number of carbonyl (C=O) groups is 2. The Balaban J connectivity index is 1.95. The van der Waals surface area contributed by atoms with E-state index in [2.05, 4.69) is 5.32 Å². The fraction of sp³-hybridized carbons (Fsp3) is 0.385. The van der Waals surface area contributed by atoms with E-state index in [9.17, 15) is 14.0 Å². The highest BCUT2D eigenvalue weighted by atomic mass is 19.1. The summed E-state index contributed by atoms with van der Waals surface area (Å²) in [7, 11) is 1.68. The molecule has 0 aromatic heterocycles. The molecule has 1 heterocycles. The van der Waals surface area contributed by atoms with Crippen LogP contribution in [0.15, 0.2) is 24.3 Å². The van der Waals surface area contributed by atoms with Crippen molar-refractivity contribution in [1.29, 1.82) is 0 Å². The van der Waals surface area contributed by atoms with Crippen molar-refractivity contribution in [3.8, 4) is 0 Å². The van der Waals surface area contributed by atoms with Crippen molar-refractivity contribution in [2.24, 2.45) is 0 Å². The molecule has 18 heavy (non-hydrogen) atoms. The Bertz CT molecular complexity index is 459. The lowest BCUT2D eigenvalue weighted by atomic mass is 10.1. The van der Waals surface area contributed by atoms with Gasteiger partial charge in [-0.15, -0.1) is 0 Å². The van der Waals surface area contributed by atoms with Crippen LogP contribution in [-0.2, 0) is 16.1 Å². The van der Waals surface area contributed by atoms with Crippen LogP contribution in [0.25, 0.3) is 0 Å². The van der Waals surface area contributed by atoms with Gasteiger partial charge in [0.1, 0.15) is 11.9 Å². The number of nitrogens with zero attached hydrogens (tertiary/aromatic N) is 1. The van der Waals surface area contributed by atoms with Crippen LogP contribution in [0.2, 0.25) is 0 Å². The molecule has 1 aliphatic rings. The highest BCUT2D eigenvalue weighted by Crippen LogP contribution is 2.11. The Hall–Kier alpha value is -1.91. The fourth-order valence-electron chi connectivity index (χ4n) is 2.01. The Morgan fingerprint density at radius 2 is 2.11 bits per heavy atom. The van der Waals surface area contributed by atoms with E-state index < -0.39 is 6.04 Å². The molecule has 2 rings (SSSR count). The second kappa shape index (κ2) is 5.16. The molecule has 4 nitrogen and oxygen atoms in total. The third-order valence-electron chi connectivity index (χ3n) is 3.00. The number of rotatable bonds is 3. The van der Waals surface area contributed by atoms with Gasteiger partial charge in [0.05, 0.1) is 0 Å². The summed E-state index contributed by atoms with van der Waals surface area (Å²) in [4.78, 5) is 24.6. The zero-order valence-corrected chi connectivity index (χ0v) is 10.1. The maximum absolute atomic E-state index is 12.7. The van der Waals surface area contributed by atoms with Crippen LogP contribution in [0.3, 0.4) is 0 Å². The Labute approximate surface area is 105 Å². The molecule has 96 valence electrons. The first-order valence-electron chi connectivity index (χ1n) is 5.85. The minimum Gasteiger partial charge on any atom is -0.344 e. The first-order valence-corrected chi connectivity index (χ1v) is 5.85. The lowest BCUT2D eigenvalue weighted by molar-refractivity contribution is -0.133. The second-order valence-corrected chi connectivity index (χ2v) is 4.48. The summed E-state index contributed by atoms with van der Waals surface area (Å²) in [6.45, 7) is 0.408. The number of benzene rings is 1. The largest absolute Gasteiger partial charge is 0.344 e. The van der Waals surface area contributed by atoms with Crippen LogP contribution < -0.4 is 5.32 Å². The van der Waals surface area contributed by atoms with Gasteiger partial charge in [0.15, 0.2) is 0 Å². The van der Waals surface area contributed by atoms with Gasteiger partial charge in [-0.05, 0) is 24.1 Å². The Morgan fingerprint density at radius 1 is 1.44 bits per heavy atom. The third kappa shape index (κ3) is 2.85. The summed E-state index contributed by atoms with van der Waals surface area (Å²) in [5.74, 6) is -0.482. The number of nitrogens with one attached hydrogen (secondary N) is 1. The van der Waals surface area contributed by atoms with Gasteiger partial charge in [-0.3, -0.25) is 9.59 Å². The monoisotopic (exact) mass is 250 g/mol. The third-order valence-corrected chi connectivity index (χ3v) is 3.00. The van der Waals surface area contributed by atoms with E-state index in [-0.39, 0.29) is 17.6 Å². The smallest absolute Gasteiger partial charge is 0.245 e. The van der Waals surface area contributed by atoms with Gasteiger partial charge in [0.25, 0.3) is 0 Å². The average molecular weight is 250 g/mol. The first-order chi connectivity index (χ1) is 8.56. The van der Waals surface area contributed by atoms with E-state index in [1.165, 1.54) is 12.1 Å². The first kappa shape index (κ1) is 12.5. The van der Waals surface area contributed by atoms with E-state index in [4.69, 9.17) is 0 Å². The normalized spacial score (nSPS) is 18.6. The summed E-state index contributed by atoms with van der Waals surface area (Å²) in [6, 6.07) is 5.61. The molecule has 0 spiro atoms. The topological polar surface area (TPSA) is 49.4 Å². The second-order valence-electron chi connectivity index (χ2n) is 4.48. The Kier molecular flexibility index (Phi) is 3.60. The van der Waals surface area contributed by atoms with Crippen LogP contribution >= 0.6 is 0 Å². The highest BCUT2D eigenvalue weighted by molar-refractivity contribution is 5.90. The molecule has 0 bridgehead atoms. The van der Waals surface area contributed by atoms with Gasteiger partial charge in [-0.1, -0.05) is 12.1 Å². The molecular weight excluding hydrogens is 235 g/mol. The minimum absolute atomic E-state index is 0.0801. The van der Waals surface area contributed by atoms with Crippen molar-refractivity contribution in [2.75, 3.05) is 7.05 Å². The van der Waals surface area contributed by atoms with Gasteiger partial charge in [0.2, 0.25) is 11.8 Å². The van der Waals surface area contributed by atoms with Crippen molar-refractivity contribution in [3.05, 3.63) is 35.6 Å². The molecule has 0 radical (unpaired) electrons. The van der Waals surface area contributed by atoms with Gasteiger partial charge in [-0.25, -0.2) is 4.39 Å². The van der Waals surface area contributed by atoms with Gasteiger partial charge >= 0.3 is 0 Å². The van der Waals surface area contributed by atoms with Crippen molar-refractivity contribution in [3.63, 3.8) is 0 Å². The standard InChI is InChI=1S/C13H15FN2O2/c1-16(8-9-2-4-10(14)5-3-9)13(18)11-6-7-12(17)15-11/h2-5,11H,6-8H2,1H3,(H,15,17). The highest BCUT2D eigenvalue weighted by Gasteiger charge is 2.29. The number of amides is 2. The summed E-state index contributed by atoms with van der Waals surface area (Å²) in [5, 5.41) is 2.64. The maximum Gasteiger partial charge on any atom is 0.245 e. The number of halogens is 1. The molecule has 1 saturated heterocycles. The summed E-state index contributed by atoms with van der Waals surface area (Å²) in [5.41, 5.74) is 0.858. The van der Waals surface area contributed by atoms with Crippen molar-refractivity contribution in [1.82, 2.24) is 10.2 Å². The van der Waals surface area contributed by atoms with Gasteiger partial charge < -0.3 is 10.2 Å². The molecule has 1 unspecified atom stereocenters. The number of likely N-dealkylation sites (N-methyl/N-ethyl adjacent to an activating group) is 1. The molecule has 5 heteroatoms. The average Bonchev–Trinajstić information content (AvgIpc) is 2.78. The minimum atomic E-state index is -0.414. The van der Waals surface area contributed by atoms with Crippen LogP contribution in [0.5, 0.6) is 0 Å². The predicted octanol–water partition coefficient (Wildman–Crippen LogP) is 1.06. The van der Waals surface area contributed by atoms with Crippen LogP contribution in [0.1, 0.15) is 18.4 Å². The van der Waals surface area contributed by atoms with E-state index in [0.29, 0.717) is 19.4 Å². The molecule has 1 fully saturated rings. The molecule has 1 atom stereocenters. The number of hydrogen-bond acceptors (Lipinski definition) is 2. The Morgan fingerprint density at radius 3 is 2.67 bits per heavy atom. The fourth-order valence-corrected chi connectivity index (χ4v) is 2.01. The zero-order chi connectivity index (χ0) is 13.1. The molecule has 1 aliphatic heterocycles. The van der Waals surface area contributed by atoms with E-state index >= 15 is 0 Å². The molecule has 1 aromatic carbocycles. The van der Waals surface area contributed by atoms with Crippen molar-refractivity contribution >= 4 is 11.8 Å². The SMILES string of the molecule is CN(Cc1ccc(F)cc1)C(=O)C1CCC(=O)N1. The van der Waals surface area contributed by atoms with Gasteiger partial charge in [0, 0.05) is 20.0 Å². The molecule has 1 aromatic rings. The van der Waals surface area contributed by atoms with Crippen molar-refractivity contribution < 1.29 is 14.0 Å². The zero-order valence-electron chi connectivity index (χ0n) is 10.1. The lowest BCUT2D eigenvalue weighted by Gasteiger charge is -2.21. The summed E-state index contributed by atoms with van der Waals surface area (Å²) in [6.07, 6.45) is 0.951. The molecule has 0 aliphatic carbocycles. The van der Waals surface area contributed by atoms with Crippen LogP contribution in [0, 0.1) is 5.82 Å². The maximum atomic E-state index is 12.7. The van der Waals surface area contributed by atoms with Crippen molar-refractivity contribution in [2.45, 2.75) is 25.4 Å². The molecule has 2 amide bonds.